The summed E-state index contributed by atoms with van der Waals surface area (Å²) in [6.07, 6.45) is 8.66. The number of fused-ring (bicyclic) bond motifs is 3. The Labute approximate surface area is 239 Å². The van der Waals surface area contributed by atoms with Gasteiger partial charge in [0, 0.05) is 30.6 Å². The van der Waals surface area contributed by atoms with E-state index in [0.717, 1.165) is 16.5 Å². The fourth-order valence-electron chi connectivity index (χ4n) is 7.37. The highest BCUT2D eigenvalue weighted by Crippen LogP contribution is 2.66. The zero-order chi connectivity index (χ0) is 28.4. The molecule has 2 aromatic rings. The van der Waals surface area contributed by atoms with Gasteiger partial charge in [-0.05, 0) is 42.2 Å². The quantitative estimate of drug-likeness (QED) is 0.563. The lowest BCUT2D eigenvalue weighted by atomic mass is 9.74. The molecule has 4 heterocycles. The van der Waals surface area contributed by atoms with Gasteiger partial charge in [-0.3, -0.25) is 14.4 Å². The number of nitrogens with zero attached hydrogens (tertiary/aromatic N) is 3. The molecule has 4 aliphatic rings. The molecule has 2 fully saturated rings. The molecular weight excluding hydrogens is 522 g/mol. The number of hydrogen-bond donors (Lipinski definition) is 1. The predicted molar refractivity (Wildman–Crippen MR) is 159 cm³/mol. The van der Waals surface area contributed by atoms with Gasteiger partial charge in [0.25, 0.3) is 5.91 Å². The number of likely N-dealkylation sites (tertiary alicyclic amines) is 1. The molecule has 2 saturated heterocycles. The number of aliphatic hydroxyl groups excluding tert-OH is 1. The monoisotopic (exact) mass is 559 g/mol. The van der Waals surface area contributed by atoms with Gasteiger partial charge in [-0.1, -0.05) is 68.5 Å². The van der Waals surface area contributed by atoms with Crippen molar-refractivity contribution in [1.29, 1.82) is 0 Å². The number of likely N-dealkylation sites (N-methyl/N-ethyl adjacent to an activating group) is 1. The van der Waals surface area contributed by atoms with Gasteiger partial charge in [-0.2, -0.15) is 0 Å². The Morgan fingerprint density at radius 2 is 1.68 bits per heavy atom. The number of rotatable bonds is 5. The van der Waals surface area contributed by atoms with Crippen LogP contribution in [0.4, 0.5) is 5.69 Å². The predicted octanol–water partition coefficient (Wildman–Crippen LogP) is 3.87. The Balaban J connectivity index is 1.51. The standard InChI is InChI=1S/C32H37N3O4S/c1-20(2)17-24(19-36)35-27-30(39)34(23-12-11-21-9-5-6-10-22(21)18-23)16-8-14-32(27)26(29(35)38)25-28(37)33(4)15-7-13-31(25,3)40-32/h5-14,18,20,24-27,36H,15-17,19H2,1-4H3/t24-,25+,26+,27?,31-,32+/m1/s1. The van der Waals surface area contributed by atoms with Crippen molar-refractivity contribution in [2.75, 3.05) is 31.6 Å². The van der Waals surface area contributed by atoms with Crippen molar-refractivity contribution in [3.63, 3.8) is 0 Å². The van der Waals surface area contributed by atoms with Crippen LogP contribution in [0.5, 0.6) is 0 Å². The van der Waals surface area contributed by atoms with Crippen molar-refractivity contribution in [3.05, 3.63) is 66.8 Å². The molecule has 210 valence electrons. The third-order valence-electron chi connectivity index (χ3n) is 9.09. The average Bonchev–Trinajstić information content (AvgIpc) is 3.21. The summed E-state index contributed by atoms with van der Waals surface area (Å²) in [6.45, 7) is 6.75. The summed E-state index contributed by atoms with van der Waals surface area (Å²) in [5.74, 6) is -1.55. The number of carbonyl (C=O) groups is 3. The van der Waals surface area contributed by atoms with Crippen molar-refractivity contribution in [2.24, 2.45) is 17.8 Å². The minimum atomic E-state index is -0.929. The first-order valence-electron chi connectivity index (χ1n) is 14.1. The average molecular weight is 560 g/mol. The van der Waals surface area contributed by atoms with Crippen LogP contribution in [0.15, 0.2) is 66.8 Å². The molecule has 4 aliphatic heterocycles. The number of carbonyl (C=O) groups excluding carboxylic acids is 3. The summed E-state index contributed by atoms with van der Waals surface area (Å²) in [6, 6.07) is 12.7. The Morgan fingerprint density at radius 3 is 2.40 bits per heavy atom. The van der Waals surface area contributed by atoms with Crippen LogP contribution in [0.2, 0.25) is 0 Å². The van der Waals surface area contributed by atoms with Crippen molar-refractivity contribution < 1.29 is 19.5 Å². The van der Waals surface area contributed by atoms with E-state index in [1.807, 2.05) is 67.6 Å². The maximum atomic E-state index is 14.8. The molecule has 8 heteroatoms. The van der Waals surface area contributed by atoms with Crippen LogP contribution in [0.1, 0.15) is 27.2 Å². The molecule has 6 rings (SSSR count). The molecule has 1 spiro atoms. The third kappa shape index (κ3) is 3.94. The van der Waals surface area contributed by atoms with E-state index in [1.54, 1.807) is 33.5 Å². The molecule has 7 nitrogen and oxygen atoms in total. The SMILES string of the molecule is CC(C)C[C@H](CO)N1C(=O)[C@@H]2[C@H]3C(=O)N(C)CC=C[C@@]3(C)S[C@@]23C=CCN(c2ccc4ccccc4c2)C(=O)C13. The van der Waals surface area contributed by atoms with Crippen molar-refractivity contribution in [3.8, 4) is 0 Å². The third-order valence-corrected chi connectivity index (χ3v) is 10.9. The summed E-state index contributed by atoms with van der Waals surface area (Å²) in [7, 11) is 1.77. The van der Waals surface area contributed by atoms with Gasteiger partial charge in [-0.25, -0.2) is 0 Å². The Hall–Kier alpha value is -3.10. The van der Waals surface area contributed by atoms with E-state index in [4.69, 9.17) is 0 Å². The fraction of sp³-hybridized carbons (Fsp3) is 0.469. The second-order valence-electron chi connectivity index (χ2n) is 12.2. The molecule has 0 radical (unpaired) electrons. The Bertz CT molecular complexity index is 1440. The lowest BCUT2D eigenvalue weighted by Crippen LogP contribution is -2.57. The van der Waals surface area contributed by atoms with Crippen LogP contribution < -0.4 is 4.90 Å². The van der Waals surface area contributed by atoms with Gasteiger partial charge < -0.3 is 19.8 Å². The van der Waals surface area contributed by atoms with E-state index >= 15 is 0 Å². The van der Waals surface area contributed by atoms with Crippen LogP contribution >= 0.6 is 11.8 Å². The normalized spacial score (nSPS) is 32.4. The number of hydrogen-bond acceptors (Lipinski definition) is 5. The molecule has 0 aromatic heterocycles. The maximum Gasteiger partial charge on any atom is 0.251 e. The summed E-state index contributed by atoms with van der Waals surface area (Å²) in [4.78, 5) is 48.3. The van der Waals surface area contributed by atoms with Crippen LogP contribution in [-0.2, 0) is 14.4 Å². The van der Waals surface area contributed by atoms with Gasteiger partial charge in [0.15, 0.2) is 0 Å². The van der Waals surface area contributed by atoms with Crippen LogP contribution in [-0.4, -0.2) is 80.9 Å². The van der Waals surface area contributed by atoms with E-state index in [0.29, 0.717) is 19.5 Å². The second-order valence-corrected chi connectivity index (χ2v) is 14.0. The first-order valence-corrected chi connectivity index (χ1v) is 15.0. The number of aliphatic hydroxyl groups is 1. The summed E-state index contributed by atoms with van der Waals surface area (Å²) >= 11 is 1.58. The topological polar surface area (TPSA) is 81.2 Å². The highest BCUT2D eigenvalue weighted by molar-refractivity contribution is 8.02. The summed E-state index contributed by atoms with van der Waals surface area (Å²) < 4.78 is -1.57. The molecule has 0 aliphatic carbocycles. The van der Waals surface area contributed by atoms with Gasteiger partial charge in [-0.15, -0.1) is 11.8 Å². The van der Waals surface area contributed by atoms with Gasteiger partial charge in [0.05, 0.1) is 29.2 Å². The molecule has 0 bridgehead atoms. The van der Waals surface area contributed by atoms with E-state index < -0.39 is 33.4 Å². The summed E-state index contributed by atoms with van der Waals surface area (Å²) in [5, 5.41) is 12.7. The number of benzene rings is 2. The van der Waals surface area contributed by atoms with Crippen molar-refractivity contribution >= 4 is 45.9 Å². The van der Waals surface area contributed by atoms with Crippen LogP contribution in [0, 0.1) is 17.8 Å². The largest absolute Gasteiger partial charge is 0.394 e. The molecule has 0 saturated carbocycles. The lowest BCUT2D eigenvalue weighted by Gasteiger charge is -2.40. The zero-order valence-corrected chi connectivity index (χ0v) is 24.3. The van der Waals surface area contributed by atoms with Crippen LogP contribution in [0.3, 0.4) is 0 Å². The smallest absolute Gasteiger partial charge is 0.251 e. The molecular formula is C32H37N3O4S. The highest BCUT2D eigenvalue weighted by Gasteiger charge is 2.74. The number of amides is 3. The van der Waals surface area contributed by atoms with Gasteiger partial charge in [0.1, 0.15) is 6.04 Å². The van der Waals surface area contributed by atoms with Crippen LogP contribution in [0.25, 0.3) is 10.8 Å². The summed E-state index contributed by atoms with van der Waals surface area (Å²) in [5.41, 5.74) is 0.768. The minimum Gasteiger partial charge on any atom is -0.394 e. The Kier molecular flexibility index (Phi) is 6.62. The van der Waals surface area contributed by atoms with Crippen molar-refractivity contribution in [1.82, 2.24) is 9.80 Å². The van der Waals surface area contributed by atoms with Gasteiger partial charge in [0.2, 0.25) is 11.8 Å². The van der Waals surface area contributed by atoms with E-state index in [9.17, 15) is 19.5 Å². The number of thioether (sulfide) groups is 1. The molecule has 6 atom stereocenters. The van der Waals surface area contributed by atoms with E-state index in [-0.39, 0.29) is 30.2 Å². The second kappa shape index (κ2) is 9.77. The molecule has 3 amide bonds. The highest BCUT2D eigenvalue weighted by atomic mass is 32.2. The lowest BCUT2D eigenvalue weighted by molar-refractivity contribution is -0.145. The fourth-order valence-corrected chi connectivity index (χ4v) is 9.52. The minimum absolute atomic E-state index is 0.0725. The zero-order valence-electron chi connectivity index (χ0n) is 23.5. The first-order chi connectivity index (χ1) is 19.1. The van der Waals surface area contributed by atoms with E-state index in [2.05, 4.69) is 19.9 Å². The van der Waals surface area contributed by atoms with Gasteiger partial charge >= 0.3 is 0 Å². The number of anilines is 1. The first kappa shape index (κ1) is 27.1. The van der Waals surface area contributed by atoms with Crippen molar-refractivity contribution in [2.45, 2.75) is 48.8 Å². The maximum absolute atomic E-state index is 14.8. The molecule has 40 heavy (non-hydrogen) atoms. The Morgan fingerprint density at radius 1 is 0.950 bits per heavy atom. The van der Waals surface area contributed by atoms with E-state index in [1.165, 1.54) is 0 Å². The molecule has 1 unspecified atom stereocenters. The molecule has 1 N–H and O–H groups in total. The molecule has 2 aromatic carbocycles.